The summed E-state index contributed by atoms with van der Waals surface area (Å²) in [7, 11) is 0. The van der Waals surface area contributed by atoms with Gasteiger partial charge in [-0.3, -0.25) is 4.79 Å². The molecule has 1 fully saturated rings. The maximum absolute atomic E-state index is 13.0. The van der Waals surface area contributed by atoms with Crippen LogP contribution in [0, 0.1) is 0 Å². The van der Waals surface area contributed by atoms with Crippen molar-refractivity contribution in [2.24, 2.45) is 0 Å². The van der Waals surface area contributed by atoms with E-state index in [0.29, 0.717) is 40.3 Å². The SMILES string of the molecule is CCOc1ccccc1NC(=O)N1CCC[C@@H]1c1nnc(C(=O)Nc2cccc(Cl)c2)s1. The quantitative estimate of drug-likeness (QED) is 0.514. The summed E-state index contributed by atoms with van der Waals surface area (Å²) in [6, 6.07) is 13.7. The molecule has 0 unspecified atom stereocenters. The van der Waals surface area contributed by atoms with E-state index < -0.39 is 0 Å². The number of rotatable bonds is 6. The molecule has 1 atom stereocenters. The Morgan fingerprint density at radius 2 is 2.03 bits per heavy atom. The second-order valence-corrected chi connectivity index (χ2v) is 8.57. The molecule has 2 heterocycles. The van der Waals surface area contributed by atoms with Crippen molar-refractivity contribution < 1.29 is 14.3 Å². The van der Waals surface area contributed by atoms with Crippen molar-refractivity contribution in [3.8, 4) is 5.75 Å². The number of para-hydroxylation sites is 2. The third-order valence-electron chi connectivity index (χ3n) is 4.94. The van der Waals surface area contributed by atoms with E-state index in [0.717, 1.165) is 12.8 Å². The Morgan fingerprint density at radius 3 is 2.84 bits per heavy atom. The van der Waals surface area contributed by atoms with Gasteiger partial charge in [-0.25, -0.2) is 4.79 Å². The largest absolute Gasteiger partial charge is 0.492 e. The lowest BCUT2D eigenvalue weighted by Crippen LogP contribution is -2.34. The molecule has 3 amide bonds. The van der Waals surface area contributed by atoms with Crippen LogP contribution in [-0.4, -0.2) is 40.2 Å². The van der Waals surface area contributed by atoms with Gasteiger partial charge in [0.05, 0.1) is 18.3 Å². The van der Waals surface area contributed by atoms with Gasteiger partial charge in [-0.15, -0.1) is 10.2 Å². The first-order valence-corrected chi connectivity index (χ1v) is 11.4. The van der Waals surface area contributed by atoms with Crippen LogP contribution in [0.25, 0.3) is 0 Å². The van der Waals surface area contributed by atoms with Crippen LogP contribution in [-0.2, 0) is 0 Å². The molecular formula is C22H22ClN5O3S. The Labute approximate surface area is 194 Å². The zero-order valence-electron chi connectivity index (χ0n) is 17.4. The third-order valence-corrected chi connectivity index (χ3v) is 6.20. The van der Waals surface area contributed by atoms with Crippen molar-refractivity contribution in [3.05, 3.63) is 63.6 Å². The first-order chi connectivity index (χ1) is 15.5. The Bertz CT molecular complexity index is 1120. The molecule has 32 heavy (non-hydrogen) atoms. The normalized spacial score (nSPS) is 15.4. The molecule has 1 saturated heterocycles. The number of hydrogen-bond acceptors (Lipinski definition) is 6. The first kappa shape index (κ1) is 22.0. The van der Waals surface area contributed by atoms with E-state index >= 15 is 0 Å². The number of nitrogens with zero attached hydrogens (tertiary/aromatic N) is 3. The van der Waals surface area contributed by atoms with Crippen LogP contribution in [0.15, 0.2) is 48.5 Å². The highest BCUT2D eigenvalue weighted by molar-refractivity contribution is 7.13. The molecule has 8 nitrogen and oxygen atoms in total. The number of amides is 3. The van der Waals surface area contributed by atoms with Crippen molar-refractivity contribution >= 4 is 46.3 Å². The molecule has 0 saturated carbocycles. The maximum atomic E-state index is 13.0. The number of anilines is 2. The van der Waals surface area contributed by atoms with E-state index in [1.54, 1.807) is 35.2 Å². The lowest BCUT2D eigenvalue weighted by Gasteiger charge is -2.23. The summed E-state index contributed by atoms with van der Waals surface area (Å²) in [6.07, 6.45) is 1.60. The number of halogens is 1. The van der Waals surface area contributed by atoms with Crippen molar-refractivity contribution in [1.82, 2.24) is 15.1 Å². The van der Waals surface area contributed by atoms with Crippen molar-refractivity contribution in [1.29, 1.82) is 0 Å². The molecule has 0 radical (unpaired) electrons. The molecule has 2 aromatic carbocycles. The molecule has 166 valence electrons. The Hall–Kier alpha value is -3.17. The van der Waals surface area contributed by atoms with E-state index in [4.69, 9.17) is 16.3 Å². The van der Waals surface area contributed by atoms with Crippen LogP contribution in [0.3, 0.4) is 0 Å². The number of urea groups is 1. The monoisotopic (exact) mass is 471 g/mol. The van der Waals surface area contributed by atoms with E-state index in [1.807, 2.05) is 25.1 Å². The molecule has 4 rings (SSSR count). The second kappa shape index (κ2) is 9.97. The van der Waals surface area contributed by atoms with E-state index in [2.05, 4.69) is 20.8 Å². The molecule has 2 N–H and O–H groups in total. The summed E-state index contributed by atoms with van der Waals surface area (Å²) in [6.45, 7) is 2.99. The highest BCUT2D eigenvalue weighted by atomic mass is 35.5. The average Bonchev–Trinajstić information content (AvgIpc) is 3.45. The van der Waals surface area contributed by atoms with Gasteiger partial charge in [0.2, 0.25) is 5.01 Å². The van der Waals surface area contributed by atoms with Gasteiger partial charge in [0.1, 0.15) is 10.8 Å². The molecule has 3 aromatic rings. The minimum Gasteiger partial charge on any atom is -0.492 e. The maximum Gasteiger partial charge on any atom is 0.322 e. The molecular weight excluding hydrogens is 450 g/mol. The fourth-order valence-electron chi connectivity index (χ4n) is 3.52. The number of carbonyl (C=O) groups is 2. The number of aromatic nitrogens is 2. The van der Waals surface area contributed by atoms with Crippen LogP contribution >= 0.6 is 22.9 Å². The zero-order valence-corrected chi connectivity index (χ0v) is 18.9. The zero-order chi connectivity index (χ0) is 22.5. The van der Waals surface area contributed by atoms with Gasteiger partial charge < -0.3 is 20.3 Å². The van der Waals surface area contributed by atoms with Gasteiger partial charge >= 0.3 is 6.03 Å². The van der Waals surface area contributed by atoms with Gasteiger partial charge in [-0.2, -0.15) is 0 Å². The average molecular weight is 472 g/mol. The smallest absolute Gasteiger partial charge is 0.322 e. The van der Waals surface area contributed by atoms with Gasteiger partial charge in [0.25, 0.3) is 5.91 Å². The number of hydrogen-bond donors (Lipinski definition) is 2. The van der Waals surface area contributed by atoms with Crippen molar-refractivity contribution in [2.45, 2.75) is 25.8 Å². The summed E-state index contributed by atoms with van der Waals surface area (Å²) >= 11 is 7.15. The number of likely N-dealkylation sites (tertiary alicyclic amines) is 1. The van der Waals surface area contributed by atoms with Crippen LogP contribution < -0.4 is 15.4 Å². The minimum absolute atomic E-state index is 0.230. The minimum atomic E-state index is -0.365. The highest BCUT2D eigenvalue weighted by Gasteiger charge is 2.33. The molecule has 1 aromatic heterocycles. The predicted octanol–water partition coefficient (Wildman–Crippen LogP) is 5.21. The Balaban J connectivity index is 1.45. The third kappa shape index (κ3) is 5.00. The summed E-state index contributed by atoms with van der Waals surface area (Å²) in [5.74, 6) is 0.255. The Kier molecular flexibility index (Phi) is 6.87. The first-order valence-electron chi connectivity index (χ1n) is 10.2. The summed E-state index contributed by atoms with van der Waals surface area (Å²) in [5, 5.41) is 15.3. The fourth-order valence-corrected chi connectivity index (χ4v) is 4.59. The standard InChI is InChI=1S/C22H22ClN5O3S/c1-2-31-18-11-4-3-9-16(18)25-22(30)28-12-6-10-17(28)20-26-27-21(32-20)19(29)24-15-8-5-7-14(23)13-15/h3-5,7-9,11,13,17H,2,6,10,12H2,1H3,(H,24,29)(H,25,30)/t17-/m1/s1. The van der Waals surface area contributed by atoms with Crippen LogP contribution in [0.1, 0.15) is 40.6 Å². The molecule has 0 bridgehead atoms. The summed E-state index contributed by atoms with van der Waals surface area (Å²) in [4.78, 5) is 27.3. The predicted molar refractivity (Wildman–Crippen MR) is 125 cm³/mol. The van der Waals surface area contributed by atoms with E-state index in [1.165, 1.54) is 11.3 Å². The lowest BCUT2D eigenvalue weighted by atomic mass is 10.2. The number of nitrogens with one attached hydrogen (secondary N) is 2. The van der Waals surface area contributed by atoms with Crippen molar-refractivity contribution in [3.63, 3.8) is 0 Å². The molecule has 0 spiro atoms. The molecule has 1 aliphatic rings. The van der Waals surface area contributed by atoms with Crippen molar-refractivity contribution in [2.75, 3.05) is 23.8 Å². The van der Waals surface area contributed by atoms with Crippen LogP contribution in [0.4, 0.5) is 16.2 Å². The second-order valence-electron chi connectivity index (χ2n) is 7.12. The lowest BCUT2D eigenvalue weighted by molar-refractivity contribution is 0.102. The van der Waals surface area contributed by atoms with Gasteiger partial charge in [0, 0.05) is 17.3 Å². The summed E-state index contributed by atoms with van der Waals surface area (Å²) < 4.78 is 5.59. The molecule has 10 heteroatoms. The topological polar surface area (TPSA) is 96.4 Å². The number of ether oxygens (including phenoxy) is 1. The Morgan fingerprint density at radius 1 is 1.19 bits per heavy atom. The summed E-state index contributed by atoms with van der Waals surface area (Å²) in [5.41, 5.74) is 1.19. The van der Waals surface area contributed by atoms with E-state index in [-0.39, 0.29) is 23.0 Å². The van der Waals surface area contributed by atoms with Crippen LogP contribution in [0.5, 0.6) is 5.75 Å². The number of carbonyl (C=O) groups excluding carboxylic acids is 2. The van der Waals surface area contributed by atoms with E-state index in [9.17, 15) is 9.59 Å². The molecule has 0 aliphatic carbocycles. The highest BCUT2D eigenvalue weighted by Crippen LogP contribution is 2.35. The van der Waals surface area contributed by atoms with Crippen LogP contribution in [0.2, 0.25) is 5.02 Å². The fraction of sp³-hybridized carbons (Fsp3) is 0.273. The van der Waals surface area contributed by atoms with Gasteiger partial charge in [-0.05, 0) is 50.1 Å². The molecule has 1 aliphatic heterocycles. The van der Waals surface area contributed by atoms with Gasteiger partial charge in [-0.1, -0.05) is 41.1 Å². The number of benzene rings is 2. The van der Waals surface area contributed by atoms with Gasteiger partial charge in [0.15, 0.2) is 0 Å².